The Bertz CT molecular complexity index is 741. The lowest BCUT2D eigenvalue weighted by Crippen LogP contribution is -2.12. The van der Waals surface area contributed by atoms with Gasteiger partial charge in [0.1, 0.15) is 11.8 Å². The first-order valence-electron chi connectivity index (χ1n) is 7.04. The van der Waals surface area contributed by atoms with E-state index in [-0.39, 0.29) is 11.8 Å². The van der Waals surface area contributed by atoms with Crippen LogP contribution in [0.1, 0.15) is 41.7 Å². The Balaban J connectivity index is 1.87. The second-order valence-corrected chi connectivity index (χ2v) is 5.17. The molecule has 0 radical (unpaired) electrons. The van der Waals surface area contributed by atoms with E-state index in [1.54, 1.807) is 18.2 Å². The van der Waals surface area contributed by atoms with E-state index in [1.807, 2.05) is 0 Å². The van der Waals surface area contributed by atoms with Crippen LogP contribution >= 0.6 is 0 Å². The third-order valence-electron chi connectivity index (χ3n) is 3.66. The third kappa shape index (κ3) is 2.76. The molecule has 1 saturated carbocycles. The van der Waals surface area contributed by atoms with Crippen molar-refractivity contribution in [3.63, 3.8) is 0 Å². The van der Waals surface area contributed by atoms with Gasteiger partial charge >= 0.3 is 5.97 Å². The predicted octanol–water partition coefficient (Wildman–Crippen LogP) is 2.16. The Morgan fingerprint density at radius 1 is 1.41 bits per heavy atom. The summed E-state index contributed by atoms with van der Waals surface area (Å²) in [6.45, 7) is 0. The number of rotatable bonds is 4. The number of aromatic nitrogens is 3. The first kappa shape index (κ1) is 14.1. The fourth-order valence-corrected chi connectivity index (χ4v) is 2.52. The number of ether oxygens (including phenoxy) is 1. The van der Waals surface area contributed by atoms with E-state index in [0.29, 0.717) is 17.0 Å². The third-order valence-corrected chi connectivity index (χ3v) is 3.66. The minimum Gasteiger partial charge on any atom is -0.489 e. The lowest BCUT2D eigenvalue weighted by Gasteiger charge is -2.14. The van der Waals surface area contributed by atoms with Crippen LogP contribution in [0.25, 0.3) is 5.69 Å². The summed E-state index contributed by atoms with van der Waals surface area (Å²) in [6.07, 6.45) is 5.80. The molecule has 1 aliphatic rings. The Hall–Kier alpha value is -2.88. The van der Waals surface area contributed by atoms with Crippen LogP contribution < -0.4 is 4.74 Å². The summed E-state index contributed by atoms with van der Waals surface area (Å²) in [5, 5.41) is 25.5. The molecule has 0 aliphatic heterocycles. The number of hydrogen-bond acceptors (Lipinski definition) is 5. The molecule has 0 spiro atoms. The van der Waals surface area contributed by atoms with Crippen molar-refractivity contribution >= 4 is 5.97 Å². The summed E-state index contributed by atoms with van der Waals surface area (Å²) in [5.74, 6) is -0.593. The van der Waals surface area contributed by atoms with Crippen LogP contribution in [0, 0.1) is 11.3 Å². The number of carbonyl (C=O) groups is 1. The second-order valence-electron chi connectivity index (χ2n) is 5.17. The van der Waals surface area contributed by atoms with E-state index in [1.165, 1.54) is 10.9 Å². The van der Waals surface area contributed by atoms with Crippen LogP contribution in [0.3, 0.4) is 0 Å². The Kier molecular flexibility index (Phi) is 3.74. The number of nitrogens with zero attached hydrogens (tertiary/aromatic N) is 4. The molecule has 1 aliphatic carbocycles. The van der Waals surface area contributed by atoms with Crippen LogP contribution in [0.4, 0.5) is 0 Å². The van der Waals surface area contributed by atoms with E-state index in [2.05, 4.69) is 16.4 Å². The summed E-state index contributed by atoms with van der Waals surface area (Å²) < 4.78 is 7.19. The molecule has 1 aromatic carbocycles. The lowest BCUT2D eigenvalue weighted by molar-refractivity contribution is 0.0690. The van der Waals surface area contributed by atoms with E-state index in [0.717, 1.165) is 25.7 Å². The van der Waals surface area contributed by atoms with Gasteiger partial charge in [-0.05, 0) is 43.9 Å². The predicted molar refractivity (Wildman–Crippen MR) is 75.9 cm³/mol. The van der Waals surface area contributed by atoms with E-state index in [9.17, 15) is 10.1 Å². The number of hydrogen-bond donors (Lipinski definition) is 1. The minimum absolute atomic E-state index is 0.148. The first-order valence-corrected chi connectivity index (χ1v) is 7.04. The molecule has 0 atom stereocenters. The van der Waals surface area contributed by atoms with Gasteiger partial charge in [0.2, 0.25) is 0 Å². The molecular formula is C15H14N4O3. The van der Waals surface area contributed by atoms with Gasteiger partial charge in [-0.2, -0.15) is 5.26 Å². The Morgan fingerprint density at radius 3 is 2.82 bits per heavy atom. The zero-order valence-corrected chi connectivity index (χ0v) is 11.8. The zero-order valence-electron chi connectivity index (χ0n) is 11.8. The van der Waals surface area contributed by atoms with Crippen LogP contribution in [-0.2, 0) is 0 Å². The maximum atomic E-state index is 10.8. The monoisotopic (exact) mass is 298 g/mol. The molecule has 1 fully saturated rings. The lowest BCUT2D eigenvalue weighted by atomic mass is 10.2. The molecule has 2 aromatic rings. The van der Waals surface area contributed by atoms with Gasteiger partial charge in [0, 0.05) is 0 Å². The molecule has 22 heavy (non-hydrogen) atoms. The van der Waals surface area contributed by atoms with Gasteiger partial charge in [-0.3, -0.25) is 0 Å². The fourth-order valence-electron chi connectivity index (χ4n) is 2.52. The van der Waals surface area contributed by atoms with Crippen molar-refractivity contribution in [1.29, 1.82) is 5.26 Å². The Morgan fingerprint density at radius 2 is 2.18 bits per heavy atom. The van der Waals surface area contributed by atoms with Gasteiger partial charge in [-0.25, -0.2) is 9.48 Å². The molecule has 0 saturated heterocycles. The number of carboxylic acid groups (broad SMARTS) is 1. The summed E-state index contributed by atoms with van der Waals surface area (Å²) in [4.78, 5) is 10.8. The highest BCUT2D eigenvalue weighted by molar-refractivity contribution is 5.84. The summed E-state index contributed by atoms with van der Waals surface area (Å²) >= 11 is 0. The highest BCUT2D eigenvalue weighted by Gasteiger charge is 2.18. The average molecular weight is 298 g/mol. The minimum atomic E-state index is -1.15. The van der Waals surface area contributed by atoms with E-state index < -0.39 is 5.97 Å². The summed E-state index contributed by atoms with van der Waals surface area (Å²) in [7, 11) is 0. The van der Waals surface area contributed by atoms with Gasteiger partial charge < -0.3 is 9.84 Å². The number of carboxylic acids is 1. The maximum absolute atomic E-state index is 10.8. The van der Waals surface area contributed by atoms with Crippen molar-refractivity contribution in [1.82, 2.24) is 15.0 Å². The van der Waals surface area contributed by atoms with E-state index >= 15 is 0 Å². The molecule has 112 valence electrons. The SMILES string of the molecule is N#Cc1cc(-n2cc(C(=O)O)nn2)ccc1OC1CCCC1. The van der Waals surface area contributed by atoms with Crippen LogP contribution in [-0.4, -0.2) is 32.2 Å². The fraction of sp³-hybridized carbons (Fsp3) is 0.333. The van der Waals surface area contributed by atoms with Crippen molar-refractivity contribution in [2.75, 3.05) is 0 Å². The molecule has 1 aromatic heterocycles. The number of aromatic carboxylic acids is 1. The summed E-state index contributed by atoms with van der Waals surface area (Å²) in [5.41, 5.74) is 0.817. The molecule has 0 amide bonds. The van der Waals surface area contributed by atoms with Gasteiger partial charge in [0.05, 0.1) is 23.6 Å². The Labute approximate surface area is 126 Å². The first-order chi connectivity index (χ1) is 10.7. The van der Waals surface area contributed by atoms with Crippen molar-refractivity contribution in [3.05, 3.63) is 35.7 Å². The highest BCUT2D eigenvalue weighted by atomic mass is 16.5. The molecule has 3 rings (SSSR count). The molecular weight excluding hydrogens is 284 g/mol. The number of benzene rings is 1. The average Bonchev–Trinajstić information content (AvgIpc) is 3.18. The van der Waals surface area contributed by atoms with Crippen molar-refractivity contribution in [2.45, 2.75) is 31.8 Å². The van der Waals surface area contributed by atoms with Gasteiger partial charge in [-0.1, -0.05) is 5.21 Å². The van der Waals surface area contributed by atoms with Crippen LogP contribution in [0.2, 0.25) is 0 Å². The van der Waals surface area contributed by atoms with Crippen LogP contribution in [0.15, 0.2) is 24.4 Å². The van der Waals surface area contributed by atoms with Crippen molar-refractivity contribution in [3.8, 4) is 17.5 Å². The molecule has 0 unspecified atom stereocenters. The second kappa shape index (κ2) is 5.85. The molecule has 7 nitrogen and oxygen atoms in total. The highest BCUT2D eigenvalue weighted by Crippen LogP contribution is 2.27. The maximum Gasteiger partial charge on any atom is 0.358 e. The van der Waals surface area contributed by atoms with E-state index in [4.69, 9.17) is 9.84 Å². The smallest absolute Gasteiger partial charge is 0.358 e. The standard InChI is InChI=1S/C15H14N4O3/c16-8-10-7-11(19-9-13(15(20)21)17-18-19)5-6-14(10)22-12-3-1-2-4-12/h5-7,9,12H,1-4H2,(H,20,21). The van der Waals surface area contributed by atoms with Gasteiger partial charge in [0.15, 0.2) is 5.69 Å². The van der Waals surface area contributed by atoms with Gasteiger partial charge in [0.25, 0.3) is 0 Å². The topological polar surface area (TPSA) is 101 Å². The zero-order chi connectivity index (χ0) is 15.5. The molecule has 1 heterocycles. The normalized spacial score (nSPS) is 14.7. The van der Waals surface area contributed by atoms with Crippen molar-refractivity contribution in [2.24, 2.45) is 0 Å². The van der Waals surface area contributed by atoms with Gasteiger partial charge in [-0.15, -0.1) is 5.10 Å². The molecule has 7 heteroatoms. The molecule has 0 bridgehead atoms. The largest absolute Gasteiger partial charge is 0.489 e. The molecule has 1 N–H and O–H groups in total. The van der Waals surface area contributed by atoms with Crippen molar-refractivity contribution < 1.29 is 14.6 Å². The number of nitriles is 1. The summed E-state index contributed by atoms with van der Waals surface area (Å²) in [6, 6.07) is 7.17. The van der Waals surface area contributed by atoms with Crippen LogP contribution in [0.5, 0.6) is 5.75 Å². The quantitative estimate of drug-likeness (QED) is 0.928.